The van der Waals surface area contributed by atoms with Crippen molar-refractivity contribution < 1.29 is 9.59 Å². The van der Waals surface area contributed by atoms with Crippen molar-refractivity contribution in [3.05, 3.63) is 0 Å². The normalized spacial score (nSPS) is 24.0. The van der Waals surface area contributed by atoms with Crippen LogP contribution in [0.4, 0.5) is 4.79 Å². The summed E-state index contributed by atoms with van der Waals surface area (Å²) < 4.78 is 0. The lowest BCUT2D eigenvalue weighted by molar-refractivity contribution is -0.136. The number of hydrogen-bond acceptors (Lipinski definition) is 2. The van der Waals surface area contributed by atoms with E-state index in [0.717, 1.165) is 38.9 Å². The topological polar surface area (TPSA) is 52.7 Å². The molecule has 5 nitrogen and oxygen atoms in total. The highest BCUT2D eigenvalue weighted by atomic mass is 16.2. The van der Waals surface area contributed by atoms with Crippen molar-refractivity contribution in [2.45, 2.75) is 51.4 Å². The van der Waals surface area contributed by atoms with Gasteiger partial charge in [-0.1, -0.05) is 19.3 Å². The van der Waals surface area contributed by atoms with Gasteiger partial charge in [0.25, 0.3) is 0 Å². The molecule has 124 valence electrons. The summed E-state index contributed by atoms with van der Waals surface area (Å²) in [6.45, 7) is 3.77. The minimum Gasteiger partial charge on any atom is -0.341 e. The Morgan fingerprint density at radius 1 is 0.818 bits per heavy atom. The number of urea groups is 1. The molecule has 1 heterocycles. The van der Waals surface area contributed by atoms with Crippen molar-refractivity contribution in [2.24, 2.45) is 11.8 Å². The van der Waals surface area contributed by atoms with Crippen LogP contribution >= 0.6 is 0 Å². The van der Waals surface area contributed by atoms with Gasteiger partial charge in [-0.2, -0.15) is 0 Å². The van der Waals surface area contributed by atoms with Gasteiger partial charge in [-0.3, -0.25) is 4.79 Å². The van der Waals surface area contributed by atoms with E-state index in [1.54, 1.807) is 0 Å². The third-order valence-corrected chi connectivity index (χ3v) is 5.29. The van der Waals surface area contributed by atoms with Gasteiger partial charge in [-0.25, -0.2) is 4.79 Å². The summed E-state index contributed by atoms with van der Waals surface area (Å²) in [6.07, 6.45) is 9.18. The number of nitrogens with one attached hydrogen (secondary N) is 1. The predicted molar refractivity (Wildman–Crippen MR) is 85.5 cm³/mol. The van der Waals surface area contributed by atoms with Gasteiger partial charge in [0.05, 0.1) is 0 Å². The first-order valence-electron chi connectivity index (χ1n) is 9.05. The molecule has 0 aromatic rings. The van der Waals surface area contributed by atoms with Crippen LogP contribution in [0.25, 0.3) is 0 Å². The molecular formula is C17H29N3O2. The van der Waals surface area contributed by atoms with Crippen molar-refractivity contribution in [3.63, 3.8) is 0 Å². The minimum atomic E-state index is 0.0545. The molecule has 3 amide bonds. The van der Waals surface area contributed by atoms with E-state index in [2.05, 4.69) is 5.32 Å². The summed E-state index contributed by atoms with van der Waals surface area (Å²) in [4.78, 5) is 28.7. The van der Waals surface area contributed by atoms with E-state index in [1.807, 2.05) is 9.80 Å². The van der Waals surface area contributed by atoms with Crippen LogP contribution in [0.15, 0.2) is 0 Å². The van der Waals surface area contributed by atoms with Crippen LogP contribution in [-0.4, -0.2) is 54.5 Å². The summed E-state index contributed by atoms with van der Waals surface area (Å²) in [7, 11) is 0. The third-order valence-electron chi connectivity index (χ3n) is 5.29. The molecule has 2 aliphatic carbocycles. The lowest BCUT2D eigenvalue weighted by Crippen LogP contribution is -2.44. The van der Waals surface area contributed by atoms with Crippen LogP contribution in [0.1, 0.15) is 51.4 Å². The van der Waals surface area contributed by atoms with Gasteiger partial charge in [0, 0.05) is 38.6 Å². The maximum Gasteiger partial charge on any atom is 0.317 e. The fourth-order valence-corrected chi connectivity index (χ4v) is 3.61. The molecular weight excluding hydrogens is 278 g/mol. The van der Waals surface area contributed by atoms with Gasteiger partial charge in [0.2, 0.25) is 5.91 Å². The first-order valence-corrected chi connectivity index (χ1v) is 9.05. The monoisotopic (exact) mass is 307 g/mol. The molecule has 3 aliphatic rings. The molecule has 3 fully saturated rings. The van der Waals surface area contributed by atoms with Crippen LogP contribution in [0.3, 0.4) is 0 Å². The molecule has 0 unspecified atom stereocenters. The molecule has 0 atom stereocenters. The summed E-state index contributed by atoms with van der Waals surface area (Å²) >= 11 is 0. The molecule has 1 N–H and O–H groups in total. The van der Waals surface area contributed by atoms with Crippen molar-refractivity contribution in [2.75, 3.05) is 32.7 Å². The molecule has 0 bridgehead atoms. The molecule has 0 aromatic heterocycles. The van der Waals surface area contributed by atoms with Crippen molar-refractivity contribution >= 4 is 11.9 Å². The van der Waals surface area contributed by atoms with Gasteiger partial charge in [0.15, 0.2) is 0 Å². The zero-order valence-corrected chi connectivity index (χ0v) is 13.6. The Bertz CT molecular complexity index is 403. The Labute approximate surface area is 133 Å². The van der Waals surface area contributed by atoms with E-state index in [9.17, 15) is 9.59 Å². The van der Waals surface area contributed by atoms with E-state index in [0.29, 0.717) is 24.9 Å². The number of carbonyl (C=O) groups excluding carboxylic acids is 2. The second kappa shape index (κ2) is 7.34. The van der Waals surface area contributed by atoms with E-state index >= 15 is 0 Å². The van der Waals surface area contributed by atoms with E-state index in [4.69, 9.17) is 0 Å². The fraction of sp³-hybridized carbons (Fsp3) is 0.882. The molecule has 22 heavy (non-hydrogen) atoms. The predicted octanol–water partition coefficient (Wildman–Crippen LogP) is 2.22. The average molecular weight is 307 g/mol. The number of nitrogens with zero attached hydrogens (tertiary/aromatic N) is 2. The van der Waals surface area contributed by atoms with E-state index < -0.39 is 0 Å². The second-order valence-electron chi connectivity index (χ2n) is 7.13. The van der Waals surface area contributed by atoms with E-state index in [-0.39, 0.29) is 11.9 Å². The third kappa shape index (κ3) is 4.14. The lowest BCUT2D eigenvalue weighted by Gasteiger charge is -2.28. The standard InChI is InChI=1S/C17H29N3O2/c21-16(15-5-2-1-3-6-15)19-9-4-10-20(12-11-19)17(22)18-13-14-7-8-14/h14-15H,1-13H2,(H,18,22). The zero-order chi connectivity index (χ0) is 15.4. The van der Waals surface area contributed by atoms with Gasteiger partial charge < -0.3 is 15.1 Å². The summed E-state index contributed by atoms with van der Waals surface area (Å²) in [5, 5.41) is 3.03. The number of carbonyl (C=O) groups is 2. The Morgan fingerprint density at radius 3 is 2.23 bits per heavy atom. The summed E-state index contributed by atoms with van der Waals surface area (Å²) in [6, 6.07) is 0.0545. The SMILES string of the molecule is O=C(NCC1CC1)N1CCCN(C(=O)C2CCCCC2)CC1. The van der Waals surface area contributed by atoms with Crippen molar-refractivity contribution in [1.82, 2.24) is 15.1 Å². The molecule has 1 saturated heterocycles. The van der Waals surface area contributed by atoms with Crippen molar-refractivity contribution in [1.29, 1.82) is 0 Å². The average Bonchev–Trinajstić information content (AvgIpc) is 3.39. The molecule has 0 aromatic carbocycles. The second-order valence-corrected chi connectivity index (χ2v) is 7.13. The molecule has 3 rings (SSSR count). The zero-order valence-electron chi connectivity index (χ0n) is 13.6. The maximum atomic E-state index is 12.6. The fourth-order valence-electron chi connectivity index (χ4n) is 3.61. The van der Waals surface area contributed by atoms with Gasteiger partial charge in [-0.15, -0.1) is 0 Å². The smallest absolute Gasteiger partial charge is 0.317 e. The Kier molecular flexibility index (Phi) is 5.21. The first kappa shape index (κ1) is 15.6. The van der Waals surface area contributed by atoms with Gasteiger partial charge >= 0.3 is 6.03 Å². The number of amides is 3. The van der Waals surface area contributed by atoms with Crippen molar-refractivity contribution in [3.8, 4) is 0 Å². The van der Waals surface area contributed by atoms with Crippen LogP contribution < -0.4 is 5.32 Å². The molecule has 0 spiro atoms. The highest BCUT2D eigenvalue weighted by Gasteiger charge is 2.29. The molecule has 1 aliphatic heterocycles. The van der Waals surface area contributed by atoms with Crippen LogP contribution in [0.2, 0.25) is 0 Å². The lowest BCUT2D eigenvalue weighted by atomic mass is 9.88. The highest BCUT2D eigenvalue weighted by Crippen LogP contribution is 2.28. The quantitative estimate of drug-likeness (QED) is 0.869. The Balaban J connectivity index is 1.46. The molecule has 5 heteroatoms. The van der Waals surface area contributed by atoms with E-state index in [1.165, 1.54) is 32.1 Å². The summed E-state index contributed by atoms with van der Waals surface area (Å²) in [5.41, 5.74) is 0. The molecule has 0 radical (unpaired) electrons. The molecule has 2 saturated carbocycles. The number of rotatable bonds is 3. The van der Waals surface area contributed by atoms with Crippen LogP contribution in [0.5, 0.6) is 0 Å². The van der Waals surface area contributed by atoms with Crippen LogP contribution in [-0.2, 0) is 4.79 Å². The summed E-state index contributed by atoms with van der Waals surface area (Å²) in [5.74, 6) is 1.28. The minimum absolute atomic E-state index is 0.0545. The van der Waals surface area contributed by atoms with Crippen LogP contribution in [0, 0.1) is 11.8 Å². The largest absolute Gasteiger partial charge is 0.341 e. The number of hydrogen-bond donors (Lipinski definition) is 1. The Morgan fingerprint density at radius 2 is 1.50 bits per heavy atom. The highest BCUT2D eigenvalue weighted by molar-refractivity contribution is 5.79. The van der Waals surface area contributed by atoms with Gasteiger partial charge in [0.1, 0.15) is 0 Å². The maximum absolute atomic E-state index is 12.6. The van der Waals surface area contributed by atoms with Gasteiger partial charge in [-0.05, 0) is 38.0 Å². The Hall–Kier alpha value is -1.26. The first-order chi connectivity index (χ1) is 10.7.